The van der Waals surface area contributed by atoms with E-state index >= 15 is 0 Å². The average Bonchev–Trinajstić information content (AvgIpc) is 2.86. The van der Waals surface area contributed by atoms with Gasteiger partial charge in [0.15, 0.2) is 0 Å². The summed E-state index contributed by atoms with van der Waals surface area (Å²) < 4.78 is 2.02. The number of hydrogen-bond donors (Lipinski definition) is 2. The van der Waals surface area contributed by atoms with Crippen LogP contribution in [-0.2, 0) is 0 Å². The number of aromatic nitrogens is 2. The number of nitrogens with two attached hydrogens (primary N) is 1. The van der Waals surface area contributed by atoms with E-state index in [2.05, 4.69) is 10.00 Å². The number of hydrogen-bond acceptors (Lipinski definition) is 4. The van der Waals surface area contributed by atoms with Gasteiger partial charge in [-0.25, -0.2) is 0 Å². The van der Waals surface area contributed by atoms with Crippen LogP contribution in [0.2, 0.25) is 0 Å². The van der Waals surface area contributed by atoms with Crippen LogP contribution in [0.25, 0.3) is 0 Å². The quantitative estimate of drug-likeness (QED) is 0.737. The Morgan fingerprint density at radius 3 is 2.58 bits per heavy atom. The molecule has 1 aromatic heterocycles. The van der Waals surface area contributed by atoms with Crippen molar-refractivity contribution in [3.8, 4) is 0 Å². The van der Waals surface area contributed by atoms with Crippen LogP contribution >= 0.6 is 0 Å². The Bertz CT molecular complexity index is 358. The Morgan fingerprint density at radius 2 is 1.95 bits per heavy atom. The van der Waals surface area contributed by atoms with Gasteiger partial charge in [0.05, 0.1) is 6.04 Å². The molecule has 1 aliphatic heterocycles. The first-order valence-corrected chi connectivity index (χ1v) is 7.43. The highest BCUT2D eigenvalue weighted by atomic mass is 16.2. The van der Waals surface area contributed by atoms with Crippen molar-refractivity contribution in [1.82, 2.24) is 14.7 Å². The number of nitrogen functional groups attached to an aromatic ring is 1. The van der Waals surface area contributed by atoms with Gasteiger partial charge in [0.2, 0.25) is 0 Å². The normalized spacial score (nSPS) is 17.9. The van der Waals surface area contributed by atoms with Crippen molar-refractivity contribution in [3.05, 3.63) is 12.3 Å². The lowest BCUT2D eigenvalue weighted by Crippen LogP contribution is -2.35. The molecule has 19 heavy (non-hydrogen) atoms. The number of anilines is 1. The number of piperidine rings is 1. The topological polar surface area (TPSA) is 67.3 Å². The zero-order valence-electron chi connectivity index (χ0n) is 11.7. The van der Waals surface area contributed by atoms with Gasteiger partial charge in [0.1, 0.15) is 5.82 Å². The molecule has 0 aromatic carbocycles. The molecule has 0 spiro atoms. The van der Waals surface area contributed by atoms with Crippen LogP contribution in [0.1, 0.15) is 44.6 Å². The van der Waals surface area contributed by atoms with Gasteiger partial charge in [-0.3, -0.25) is 4.68 Å². The molecule has 0 radical (unpaired) electrons. The van der Waals surface area contributed by atoms with E-state index in [1.54, 1.807) is 0 Å². The van der Waals surface area contributed by atoms with Crippen LogP contribution in [-0.4, -0.2) is 46.0 Å². The van der Waals surface area contributed by atoms with Gasteiger partial charge in [0.25, 0.3) is 0 Å². The van der Waals surface area contributed by atoms with Gasteiger partial charge < -0.3 is 15.7 Å². The van der Waals surface area contributed by atoms with Crippen molar-refractivity contribution in [2.24, 2.45) is 0 Å². The second-order valence-corrected chi connectivity index (χ2v) is 5.43. The third-order valence-corrected chi connectivity index (χ3v) is 3.94. The van der Waals surface area contributed by atoms with Crippen LogP contribution in [0, 0.1) is 0 Å². The summed E-state index contributed by atoms with van der Waals surface area (Å²) >= 11 is 0. The zero-order chi connectivity index (χ0) is 13.5. The van der Waals surface area contributed by atoms with Gasteiger partial charge in [-0.15, -0.1) is 0 Å². The summed E-state index contributed by atoms with van der Waals surface area (Å²) in [5.41, 5.74) is 5.66. The molecule has 1 aliphatic rings. The monoisotopic (exact) mass is 266 g/mol. The maximum Gasteiger partial charge on any atom is 0.145 e. The summed E-state index contributed by atoms with van der Waals surface area (Å²) in [5, 5.41) is 13.0. The van der Waals surface area contributed by atoms with E-state index in [1.165, 1.54) is 19.4 Å². The van der Waals surface area contributed by atoms with E-state index in [1.807, 2.05) is 16.9 Å². The van der Waals surface area contributed by atoms with Crippen LogP contribution in [0.4, 0.5) is 5.82 Å². The highest BCUT2D eigenvalue weighted by Gasteiger charge is 2.20. The fourth-order valence-electron chi connectivity index (χ4n) is 2.76. The minimum atomic E-state index is 0.332. The largest absolute Gasteiger partial charge is 0.396 e. The van der Waals surface area contributed by atoms with Crippen molar-refractivity contribution in [2.75, 3.05) is 32.0 Å². The second kappa shape index (κ2) is 7.50. The molecule has 0 amide bonds. The summed E-state index contributed by atoms with van der Waals surface area (Å²) in [5.74, 6) is 0.617. The van der Waals surface area contributed by atoms with Gasteiger partial charge in [0, 0.05) is 25.9 Å². The maximum absolute atomic E-state index is 8.73. The Hall–Kier alpha value is -1.07. The molecule has 1 aromatic rings. The summed E-state index contributed by atoms with van der Waals surface area (Å²) in [4.78, 5) is 2.54. The number of rotatable bonds is 7. The highest BCUT2D eigenvalue weighted by molar-refractivity contribution is 5.24. The SMILES string of the molecule is Nc1ccn(C2CCN(CCCCCCO)CC2)n1. The molecule has 0 unspecified atom stereocenters. The molecule has 5 nitrogen and oxygen atoms in total. The molecule has 2 rings (SSSR count). The van der Waals surface area contributed by atoms with Crippen LogP contribution in [0.5, 0.6) is 0 Å². The average molecular weight is 266 g/mol. The summed E-state index contributed by atoms with van der Waals surface area (Å²) in [6, 6.07) is 2.39. The lowest BCUT2D eigenvalue weighted by Gasteiger charge is -2.32. The van der Waals surface area contributed by atoms with Crippen LogP contribution in [0.15, 0.2) is 12.3 Å². The summed E-state index contributed by atoms with van der Waals surface area (Å²) in [7, 11) is 0. The van der Waals surface area contributed by atoms with Crippen molar-refractivity contribution < 1.29 is 5.11 Å². The number of unbranched alkanes of at least 4 members (excludes halogenated alkanes) is 3. The first kappa shape index (κ1) is 14.3. The third kappa shape index (κ3) is 4.51. The molecule has 0 atom stereocenters. The Kier molecular flexibility index (Phi) is 5.66. The molecule has 2 heterocycles. The fourth-order valence-corrected chi connectivity index (χ4v) is 2.76. The van der Waals surface area contributed by atoms with Crippen molar-refractivity contribution in [2.45, 2.75) is 44.6 Å². The van der Waals surface area contributed by atoms with E-state index < -0.39 is 0 Å². The maximum atomic E-state index is 8.73. The Morgan fingerprint density at radius 1 is 1.21 bits per heavy atom. The third-order valence-electron chi connectivity index (χ3n) is 3.94. The first-order valence-electron chi connectivity index (χ1n) is 7.43. The molecule has 0 saturated carbocycles. The Balaban J connectivity index is 1.62. The van der Waals surface area contributed by atoms with Gasteiger partial charge in [-0.2, -0.15) is 5.10 Å². The molecule has 1 fully saturated rings. The predicted molar refractivity (Wildman–Crippen MR) is 76.9 cm³/mol. The van der Waals surface area contributed by atoms with Crippen molar-refractivity contribution >= 4 is 5.82 Å². The number of likely N-dealkylation sites (tertiary alicyclic amines) is 1. The summed E-state index contributed by atoms with van der Waals surface area (Å²) in [6.07, 6.45) is 8.90. The van der Waals surface area contributed by atoms with Crippen LogP contribution in [0.3, 0.4) is 0 Å². The first-order chi connectivity index (χ1) is 9.29. The van der Waals surface area contributed by atoms with E-state index in [0.717, 1.165) is 38.8 Å². The molecule has 3 N–H and O–H groups in total. The Labute approximate surface area is 115 Å². The lowest BCUT2D eigenvalue weighted by molar-refractivity contribution is 0.176. The number of aliphatic hydroxyl groups is 1. The van der Waals surface area contributed by atoms with Crippen molar-refractivity contribution in [1.29, 1.82) is 0 Å². The minimum Gasteiger partial charge on any atom is -0.396 e. The van der Waals surface area contributed by atoms with Crippen molar-refractivity contribution in [3.63, 3.8) is 0 Å². The van der Waals surface area contributed by atoms with E-state index in [-0.39, 0.29) is 0 Å². The molecule has 1 saturated heterocycles. The van der Waals surface area contributed by atoms with E-state index in [4.69, 9.17) is 10.8 Å². The second-order valence-electron chi connectivity index (χ2n) is 5.43. The number of nitrogens with zero attached hydrogens (tertiary/aromatic N) is 3. The molecule has 0 aliphatic carbocycles. The van der Waals surface area contributed by atoms with E-state index in [9.17, 15) is 0 Å². The predicted octanol–water partition coefficient (Wildman–Crippen LogP) is 1.65. The molecular formula is C14H26N4O. The van der Waals surface area contributed by atoms with Crippen LogP contribution < -0.4 is 5.73 Å². The number of aliphatic hydroxyl groups excluding tert-OH is 1. The molecule has 0 bridgehead atoms. The molecular weight excluding hydrogens is 240 g/mol. The highest BCUT2D eigenvalue weighted by Crippen LogP contribution is 2.22. The fraction of sp³-hybridized carbons (Fsp3) is 0.786. The lowest BCUT2D eigenvalue weighted by atomic mass is 10.0. The van der Waals surface area contributed by atoms with Gasteiger partial charge >= 0.3 is 0 Å². The van der Waals surface area contributed by atoms with Gasteiger partial charge in [-0.1, -0.05) is 12.8 Å². The van der Waals surface area contributed by atoms with Gasteiger partial charge in [-0.05, 0) is 38.3 Å². The minimum absolute atomic E-state index is 0.332. The summed E-state index contributed by atoms with van der Waals surface area (Å²) in [6.45, 7) is 3.84. The molecule has 108 valence electrons. The standard InChI is InChI=1S/C14H26N4O/c15-14-7-11-18(16-14)13-5-9-17(10-6-13)8-3-1-2-4-12-19/h7,11,13,19H,1-6,8-10,12H2,(H2,15,16). The van der Waals surface area contributed by atoms with E-state index in [0.29, 0.717) is 18.5 Å². The zero-order valence-corrected chi connectivity index (χ0v) is 11.7. The smallest absolute Gasteiger partial charge is 0.145 e. The molecule has 5 heteroatoms.